The summed E-state index contributed by atoms with van der Waals surface area (Å²) in [4.78, 5) is 38.1. The summed E-state index contributed by atoms with van der Waals surface area (Å²) in [6, 6.07) is 0. The van der Waals surface area contributed by atoms with Crippen molar-refractivity contribution >= 4 is 17.9 Å². The van der Waals surface area contributed by atoms with Crippen LogP contribution in [0.5, 0.6) is 0 Å². The molecule has 0 aromatic carbocycles. The van der Waals surface area contributed by atoms with Gasteiger partial charge in [-0.25, -0.2) is 0 Å². The zero-order valence-corrected chi connectivity index (χ0v) is 42.5. The minimum atomic E-state index is -0.794. The Hall–Kier alpha value is -3.41. The van der Waals surface area contributed by atoms with Gasteiger partial charge >= 0.3 is 17.9 Å². The van der Waals surface area contributed by atoms with Gasteiger partial charge in [0.25, 0.3) is 0 Å². The predicted octanol–water partition coefficient (Wildman–Crippen LogP) is 18.0. The Morgan fingerprint density at radius 3 is 1.11 bits per heavy atom. The predicted molar refractivity (Wildman–Crippen MR) is 279 cm³/mol. The third-order valence-corrected chi connectivity index (χ3v) is 11.4. The molecule has 65 heavy (non-hydrogen) atoms. The summed E-state index contributed by atoms with van der Waals surface area (Å²) in [5, 5.41) is 0. The fourth-order valence-electron chi connectivity index (χ4n) is 7.36. The van der Waals surface area contributed by atoms with E-state index in [4.69, 9.17) is 14.2 Å². The van der Waals surface area contributed by atoms with Crippen LogP contribution in [0.2, 0.25) is 0 Å². The van der Waals surface area contributed by atoms with Crippen molar-refractivity contribution in [3.05, 3.63) is 85.1 Å². The zero-order valence-electron chi connectivity index (χ0n) is 42.5. The number of ether oxygens (including phenoxy) is 3. The highest BCUT2D eigenvalue weighted by molar-refractivity contribution is 5.71. The molecule has 0 saturated carbocycles. The van der Waals surface area contributed by atoms with Crippen LogP contribution in [-0.2, 0) is 28.6 Å². The molecule has 1 atom stereocenters. The number of hydrogen-bond acceptors (Lipinski definition) is 6. The molecule has 6 nitrogen and oxygen atoms in total. The van der Waals surface area contributed by atoms with Crippen LogP contribution in [0.3, 0.4) is 0 Å². The van der Waals surface area contributed by atoms with Gasteiger partial charge in [0.1, 0.15) is 13.2 Å². The second-order valence-electron chi connectivity index (χ2n) is 17.8. The molecule has 0 spiro atoms. The van der Waals surface area contributed by atoms with Crippen molar-refractivity contribution in [1.29, 1.82) is 0 Å². The molecule has 372 valence electrons. The third kappa shape index (κ3) is 51.4. The molecule has 0 rings (SSSR count). The lowest BCUT2D eigenvalue weighted by atomic mass is 10.1. The number of hydrogen-bond donors (Lipinski definition) is 0. The molecular weight excluding hydrogens is 805 g/mol. The Morgan fingerprint density at radius 2 is 0.662 bits per heavy atom. The first kappa shape index (κ1) is 61.6. The second-order valence-corrected chi connectivity index (χ2v) is 17.8. The quantitative estimate of drug-likeness (QED) is 0.0199. The van der Waals surface area contributed by atoms with Crippen molar-refractivity contribution in [2.45, 2.75) is 258 Å². The van der Waals surface area contributed by atoms with E-state index >= 15 is 0 Å². The Morgan fingerprint density at radius 1 is 0.338 bits per heavy atom. The standard InChI is InChI=1S/C59H100O6/c1-4-7-10-13-16-19-22-25-28-29-32-34-37-40-43-46-49-52-58(61)64-55-56(65-59(62)53-50-47-44-41-38-35-31-27-24-21-18-15-12-9-6-3)54-63-57(60)51-48-45-42-39-36-33-30-26-23-20-17-14-11-8-5-2/h9,12,15-16,18-21,23-25,27-28,31,56H,4-8,10-11,13-14,17,22,26,29-30,32-55H2,1-3H3/b12-9-,18-15-,19-16-,23-20-,24-21-,28-25-,31-27-. The van der Waals surface area contributed by atoms with Crippen LogP contribution in [0.1, 0.15) is 252 Å². The van der Waals surface area contributed by atoms with Gasteiger partial charge in [-0.1, -0.05) is 221 Å². The number of carbonyl (C=O) groups is 3. The van der Waals surface area contributed by atoms with Crippen LogP contribution < -0.4 is 0 Å². The minimum Gasteiger partial charge on any atom is -0.462 e. The van der Waals surface area contributed by atoms with E-state index in [9.17, 15) is 14.4 Å². The van der Waals surface area contributed by atoms with Gasteiger partial charge in [-0.15, -0.1) is 0 Å². The largest absolute Gasteiger partial charge is 0.462 e. The number of carbonyl (C=O) groups excluding carboxylic acids is 3. The van der Waals surface area contributed by atoms with Crippen molar-refractivity contribution in [3.63, 3.8) is 0 Å². The van der Waals surface area contributed by atoms with Crippen molar-refractivity contribution in [2.75, 3.05) is 13.2 Å². The molecule has 6 heteroatoms. The van der Waals surface area contributed by atoms with Crippen LogP contribution in [0, 0.1) is 0 Å². The van der Waals surface area contributed by atoms with Crippen LogP contribution in [0.4, 0.5) is 0 Å². The van der Waals surface area contributed by atoms with E-state index < -0.39 is 6.10 Å². The summed E-state index contributed by atoms with van der Waals surface area (Å²) in [6.45, 7) is 6.44. The van der Waals surface area contributed by atoms with E-state index in [-0.39, 0.29) is 31.1 Å². The molecule has 0 aliphatic heterocycles. The molecule has 1 unspecified atom stereocenters. The Bertz CT molecular complexity index is 1270. The normalized spacial score (nSPS) is 12.7. The molecule has 0 aromatic heterocycles. The van der Waals surface area contributed by atoms with E-state index in [1.807, 2.05) is 18.2 Å². The molecule has 0 N–H and O–H groups in total. The topological polar surface area (TPSA) is 78.9 Å². The highest BCUT2D eigenvalue weighted by Crippen LogP contribution is 2.14. The molecule has 0 aliphatic carbocycles. The molecule has 0 amide bonds. The van der Waals surface area contributed by atoms with Gasteiger partial charge < -0.3 is 14.2 Å². The second kappa shape index (κ2) is 53.2. The van der Waals surface area contributed by atoms with Gasteiger partial charge in [-0.05, 0) is 96.3 Å². The van der Waals surface area contributed by atoms with Crippen LogP contribution in [-0.4, -0.2) is 37.2 Å². The fourth-order valence-corrected chi connectivity index (χ4v) is 7.36. The number of unbranched alkanes of at least 4 members (excludes halogenated alkanes) is 26. The molecule has 0 radical (unpaired) electrons. The summed E-state index contributed by atoms with van der Waals surface area (Å²) in [7, 11) is 0. The van der Waals surface area contributed by atoms with Crippen molar-refractivity contribution in [2.24, 2.45) is 0 Å². The highest BCUT2D eigenvalue weighted by atomic mass is 16.6. The molecule has 0 bridgehead atoms. The lowest BCUT2D eigenvalue weighted by Gasteiger charge is -2.18. The summed E-state index contributed by atoms with van der Waals surface area (Å²) in [5.41, 5.74) is 0. The number of esters is 3. The SMILES string of the molecule is CC\C=C/C=C\C=C/C=C\CCCCCCCC(=O)OC(COC(=O)CCCCCCCCC/C=C\C/C=C\CCCCC)COC(=O)CCCCCCCCC/C=C\CCCCCC. The molecule has 0 saturated heterocycles. The van der Waals surface area contributed by atoms with E-state index in [1.54, 1.807) is 0 Å². The maximum Gasteiger partial charge on any atom is 0.306 e. The lowest BCUT2D eigenvalue weighted by molar-refractivity contribution is -0.167. The first-order chi connectivity index (χ1) is 32.0. The maximum absolute atomic E-state index is 12.8. The van der Waals surface area contributed by atoms with Crippen LogP contribution in [0.15, 0.2) is 85.1 Å². The van der Waals surface area contributed by atoms with E-state index in [1.165, 1.54) is 116 Å². The monoisotopic (exact) mass is 905 g/mol. The van der Waals surface area contributed by atoms with Crippen LogP contribution in [0.25, 0.3) is 0 Å². The van der Waals surface area contributed by atoms with Gasteiger partial charge in [-0.2, -0.15) is 0 Å². The van der Waals surface area contributed by atoms with Gasteiger partial charge in [0, 0.05) is 19.3 Å². The summed E-state index contributed by atoms with van der Waals surface area (Å²) < 4.78 is 16.8. The summed E-state index contributed by atoms with van der Waals surface area (Å²) in [5.74, 6) is -0.925. The lowest BCUT2D eigenvalue weighted by Crippen LogP contribution is -2.30. The van der Waals surface area contributed by atoms with Gasteiger partial charge in [0.05, 0.1) is 0 Å². The Balaban J connectivity index is 4.44. The van der Waals surface area contributed by atoms with Crippen molar-refractivity contribution < 1.29 is 28.6 Å². The fraction of sp³-hybridized carbons (Fsp3) is 0.712. The summed E-state index contributed by atoms with van der Waals surface area (Å²) >= 11 is 0. The van der Waals surface area contributed by atoms with Crippen LogP contribution >= 0.6 is 0 Å². The smallest absolute Gasteiger partial charge is 0.306 e. The zero-order chi connectivity index (χ0) is 47.2. The Kier molecular flexibility index (Phi) is 50.4. The number of rotatable bonds is 48. The minimum absolute atomic E-state index is 0.0914. The molecule has 0 fully saturated rings. The summed E-state index contributed by atoms with van der Waals surface area (Å²) in [6.07, 6.45) is 68.4. The Labute approximate surface area is 401 Å². The maximum atomic E-state index is 12.8. The average molecular weight is 905 g/mol. The van der Waals surface area contributed by atoms with Gasteiger partial charge in [-0.3, -0.25) is 14.4 Å². The average Bonchev–Trinajstić information content (AvgIpc) is 3.30. The first-order valence-electron chi connectivity index (χ1n) is 27.1. The molecule has 0 aromatic rings. The van der Waals surface area contributed by atoms with E-state index in [2.05, 4.69) is 87.6 Å². The van der Waals surface area contributed by atoms with Gasteiger partial charge in [0.15, 0.2) is 6.10 Å². The molecule has 0 aliphatic rings. The number of allylic oxidation sites excluding steroid dienone is 14. The van der Waals surface area contributed by atoms with E-state index in [0.29, 0.717) is 19.3 Å². The molecule has 0 heterocycles. The van der Waals surface area contributed by atoms with Crippen molar-refractivity contribution in [1.82, 2.24) is 0 Å². The molecular formula is C59H100O6. The van der Waals surface area contributed by atoms with Crippen molar-refractivity contribution in [3.8, 4) is 0 Å². The highest BCUT2D eigenvalue weighted by Gasteiger charge is 2.19. The van der Waals surface area contributed by atoms with Gasteiger partial charge in [0.2, 0.25) is 0 Å². The first-order valence-corrected chi connectivity index (χ1v) is 27.1. The third-order valence-electron chi connectivity index (χ3n) is 11.4. The van der Waals surface area contributed by atoms with E-state index in [0.717, 1.165) is 96.3 Å².